The number of carbonyl (C=O) groups is 5. The number of nitrogens with zero attached hydrogens (tertiary/aromatic N) is 4. The second-order valence-electron chi connectivity index (χ2n) is 11.2. The van der Waals surface area contributed by atoms with Crippen LogP contribution in [0.25, 0.3) is 10.9 Å². The van der Waals surface area contributed by atoms with Gasteiger partial charge in [-0.25, -0.2) is 13.2 Å². The zero-order chi connectivity index (χ0) is 33.9. The molecule has 0 aliphatic carbocycles. The summed E-state index contributed by atoms with van der Waals surface area (Å²) in [6.45, 7) is 0.480. The van der Waals surface area contributed by atoms with Gasteiger partial charge in [-0.05, 0) is 42.7 Å². The maximum atomic E-state index is 12.9. The maximum absolute atomic E-state index is 12.9. The summed E-state index contributed by atoms with van der Waals surface area (Å²) >= 11 is 0. The van der Waals surface area contributed by atoms with Crippen molar-refractivity contribution >= 4 is 57.3 Å². The highest BCUT2D eigenvalue weighted by atomic mass is 32.2. The van der Waals surface area contributed by atoms with Gasteiger partial charge in [-0.3, -0.25) is 24.1 Å². The van der Waals surface area contributed by atoms with Gasteiger partial charge in [-0.1, -0.05) is 30.7 Å². The lowest BCUT2D eigenvalue weighted by Crippen LogP contribution is -2.38. The zero-order valence-electron chi connectivity index (χ0n) is 26.4. The molecule has 14 nitrogen and oxygen atoms in total. The Bertz CT molecular complexity index is 1620. The Kier molecular flexibility index (Phi) is 12.8. The number of rotatable bonds is 9. The van der Waals surface area contributed by atoms with Crippen LogP contribution in [-0.2, 0) is 35.6 Å². The molecule has 1 atom stereocenters. The van der Waals surface area contributed by atoms with Crippen molar-refractivity contribution in [2.45, 2.75) is 36.6 Å². The summed E-state index contributed by atoms with van der Waals surface area (Å²) in [5.41, 5.74) is 2.10. The van der Waals surface area contributed by atoms with Crippen LogP contribution in [0.4, 0.5) is 10.5 Å². The van der Waals surface area contributed by atoms with Gasteiger partial charge in [-0.15, -0.1) is 0 Å². The molecule has 0 saturated carbocycles. The number of anilines is 1. The van der Waals surface area contributed by atoms with Crippen molar-refractivity contribution in [2.75, 3.05) is 53.1 Å². The van der Waals surface area contributed by atoms with Gasteiger partial charge in [0.25, 0.3) is 5.91 Å². The van der Waals surface area contributed by atoms with Crippen molar-refractivity contribution in [3.05, 3.63) is 60.3 Å². The van der Waals surface area contributed by atoms with E-state index in [0.717, 1.165) is 53.4 Å². The first-order chi connectivity index (χ1) is 21.9. The molecular formula is C31H41N7O7S. The minimum atomic E-state index is -3.66. The molecule has 0 bridgehead atoms. The predicted octanol–water partition coefficient (Wildman–Crippen LogP) is 1.85. The predicted molar refractivity (Wildman–Crippen MR) is 173 cm³/mol. The number of piperidine rings is 1. The lowest BCUT2D eigenvalue weighted by Gasteiger charge is -2.26. The third-order valence-corrected chi connectivity index (χ3v) is 8.89. The van der Waals surface area contributed by atoms with Gasteiger partial charge in [0, 0.05) is 70.5 Å². The maximum Gasteiger partial charge on any atom is 0.325 e. The number of hydrogen-bond acceptors (Lipinski definition) is 7. The normalized spacial score (nSPS) is 16.3. The molecule has 2 saturated heterocycles. The molecule has 1 unspecified atom stereocenters. The van der Waals surface area contributed by atoms with E-state index in [4.69, 9.17) is 0 Å². The largest absolute Gasteiger partial charge is 0.361 e. The first kappa shape index (κ1) is 35.7. The standard InChI is InChI=1S/C25H27N5O5S.2C3H7NO/c31-23(27-18-7-6-8-19(14-18)36(34,35)29-11-4-1-5-12-29)16-30-24(32)22(28-25(30)33)13-17-15-26-21-10-3-2-9-20(17)21;2*1-4(2)3-5/h2-3,6-10,14-15,22,26H,1,4-5,11-13,16H2,(H,27,31)(H,28,33);2*3H,1-2H3. The van der Waals surface area contributed by atoms with Crippen LogP contribution in [0.1, 0.15) is 24.8 Å². The van der Waals surface area contributed by atoms with Crippen LogP contribution in [0.2, 0.25) is 0 Å². The number of benzene rings is 2. The number of urea groups is 1. The number of aromatic nitrogens is 1. The molecule has 1 aromatic heterocycles. The number of amides is 6. The van der Waals surface area contributed by atoms with E-state index in [1.807, 2.05) is 30.5 Å². The van der Waals surface area contributed by atoms with Gasteiger partial charge < -0.3 is 25.4 Å². The van der Waals surface area contributed by atoms with E-state index < -0.39 is 40.5 Å². The fraction of sp³-hybridized carbons (Fsp3) is 0.387. The summed E-state index contributed by atoms with van der Waals surface area (Å²) in [5.74, 6) is -1.08. The highest BCUT2D eigenvalue weighted by molar-refractivity contribution is 7.89. The van der Waals surface area contributed by atoms with Crippen molar-refractivity contribution in [1.29, 1.82) is 0 Å². The number of hydrogen-bond donors (Lipinski definition) is 3. The molecule has 2 aliphatic rings. The van der Waals surface area contributed by atoms with Crippen molar-refractivity contribution < 1.29 is 32.4 Å². The van der Waals surface area contributed by atoms with E-state index in [1.54, 1.807) is 40.3 Å². The Morgan fingerprint density at radius 3 is 2.22 bits per heavy atom. The Hall–Kier alpha value is -4.76. The molecular weight excluding hydrogens is 614 g/mol. The third-order valence-electron chi connectivity index (χ3n) is 7.00. The quantitative estimate of drug-likeness (QED) is 0.233. The summed E-state index contributed by atoms with van der Waals surface area (Å²) in [6, 6.07) is 12.3. The van der Waals surface area contributed by atoms with Gasteiger partial charge in [-0.2, -0.15) is 4.31 Å². The smallest absolute Gasteiger partial charge is 0.325 e. The molecule has 2 aromatic carbocycles. The van der Waals surface area contributed by atoms with Crippen LogP contribution in [0.3, 0.4) is 0 Å². The molecule has 2 aliphatic heterocycles. The summed E-state index contributed by atoms with van der Waals surface area (Å²) in [4.78, 5) is 63.9. The third kappa shape index (κ3) is 9.62. The average Bonchev–Trinajstić information content (AvgIpc) is 3.57. The molecule has 15 heteroatoms. The SMILES string of the molecule is CN(C)C=O.CN(C)C=O.O=C(CN1C(=O)NC(Cc2c[nH]c3ccccc23)C1=O)Nc1cccc(S(=O)(=O)N2CCCCC2)c1. The number of nitrogens with one attached hydrogen (secondary N) is 3. The first-order valence-corrected chi connectivity index (χ1v) is 16.1. The Balaban J connectivity index is 0.000000503. The number of imide groups is 1. The second kappa shape index (κ2) is 16.5. The van der Waals surface area contributed by atoms with Crippen molar-refractivity contribution in [2.24, 2.45) is 0 Å². The number of para-hydroxylation sites is 1. The van der Waals surface area contributed by atoms with Crippen LogP contribution in [0, 0.1) is 0 Å². The Morgan fingerprint density at radius 2 is 1.59 bits per heavy atom. The summed E-state index contributed by atoms with van der Waals surface area (Å²) < 4.78 is 27.3. The van der Waals surface area contributed by atoms with Crippen LogP contribution in [0.5, 0.6) is 0 Å². The number of fused-ring (bicyclic) bond motifs is 1. The number of H-pyrrole nitrogens is 1. The fourth-order valence-electron chi connectivity index (χ4n) is 4.72. The summed E-state index contributed by atoms with van der Waals surface area (Å²) in [6.07, 6.45) is 6.26. The number of sulfonamides is 1. The minimum absolute atomic E-state index is 0.0935. The van der Waals surface area contributed by atoms with Crippen LogP contribution in [-0.4, -0.2) is 117 Å². The van der Waals surface area contributed by atoms with E-state index in [2.05, 4.69) is 15.6 Å². The molecule has 5 rings (SSSR count). The molecule has 0 radical (unpaired) electrons. The lowest BCUT2D eigenvalue weighted by molar-refractivity contribution is -0.130. The zero-order valence-corrected chi connectivity index (χ0v) is 27.2. The lowest BCUT2D eigenvalue weighted by atomic mass is 10.1. The Morgan fingerprint density at radius 1 is 0.957 bits per heavy atom. The average molecular weight is 656 g/mol. The van der Waals surface area contributed by atoms with Gasteiger partial charge in [0.15, 0.2) is 0 Å². The van der Waals surface area contributed by atoms with Crippen LogP contribution in [0.15, 0.2) is 59.6 Å². The van der Waals surface area contributed by atoms with E-state index in [1.165, 1.54) is 26.2 Å². The number of carbonyl (C=O) groups excluding carboxylic acids is 5. The molecule has 0 spiro atoms. The van der Waals surface area contributed by atoms with E-state index in [9.17, 15) is 32.4 Å². The molecule has 3 N–H and O–H groups in total. The Labute approximate surface area is 268 Å². The molecule has 248 valence electrons. The summed E-state index contributed by atoms with van der Waals surface area (Å²) in [7, 11) is 3.09. The van der Waals surface area contributed by atoms with Gasteiger partial charge in [0.2, 0.25) is 28.8 Å². The fourth-order valence-corrected chi connectivity index (χ4v) is 6.28. The molecule has 3 heterocycles. The molecule has 3 aromatic rings. The summed E-state index contributed by atoms with van der Waals surface area (Å²) in [5, 5.41) is 6.23. The molecule has 2 fully saturated rings. The van der Waals surface area contributed by atoms with Gasteiger partial charge in [0.1, 0.15) is 12.6 Å². The van der Waals surface area contributed by atoms with Gasteiger partial charge in [0.05, 0.1) is 4.90 Å². The second-order valence-corrected chi connectivity index (χ2v) is 13.1. The van der Waals surface area contributed by atoms with Crippen molar-refractivity contribution in [1.82, 2.24) is 29.3 Å². The highest BCUT2D eigenvalue weighted by Gasteiger charge is 2.39. The van der Waals surface area contributed by atoms with E-state index in [-0.39, 0.29) is 10.6 Å². The van der Waals surface area contributed by atoms with Crippen molar-refractivity contribution in [3.8, 4) is 0 Å². The minimum Gasteiger partial charge on any atom is -0.361 e. The highest BCUT2D eigenvalue weighted by Crippen LogP contribution is 2.24. The van der Waals surface area contributed by atoms with Gasteiger partial charge >= 0.3 is 6.03 Å². The van der Waals surface area contributed by atoms with E-state index in [0.29, 0.717) is 19.5 Å². The molecule has 6 amide bonds. The van der Waals surface area contributed by atoms with Crippen molar-refractivity contribution in [3.63, 3.8) is 0 Å². The van der Waals surface area contributed by atoms with E-state index >= 15 is 0 Å². The molecule has 46 heavy (non-hydrogen) atoms. The number of aromatic amines is 1. The topological polar surface area (TPSA) is 172 Å². The first-order valence-electron chi connectivity index (χ1n) is 14.7. The van der Waals surface area contributed by atoms with Crippen LogP contribution >= 0.6 is 0 Å². The monoisotopic (exact) mass is 655 g/mol. The van der Waals surface area contributed by atoms with Crippen LogP contribution < -0.4 is 10.6 Å².